The van der Waals surface area contributed by atoms with E-state index in [9.17, 15) is 0 Å². The second-order valence-electron chi connectivity index (χ2n) is 7.47. The molecule has 1 heterocycles. The molecule has 4 heteroatoms. The van der Waals surface area contributed by atoms with E-state index in [1.54, 1.807) is 0 Å². The van der Waals surface area contributed by atoms with Crippen LogP contribution in [0.25, 0.3) is 0 Å². The third-order valence-corrected chi connectivity index (χ3v) is 3.91. The van der Waals surface area contributed by atoms with Crippen molar-refractivity contribution in [3.63, 3.8) is 0 Å². The summed E-state index contributed by atoms with van der Waals surface area (Å²) in [6.07, 6.45) is 4.26. The number of rotatable bonds is 8. The fraction of sp³-hybridized carbons (Fsp3) is 0.824. The van der Waals surface area contributed by atoms with Gasteiger partial charge in [0.25, 0.3) is 0 Å². The number of aromatic nitrogens is 2. The van der Waals surface area contributed by atoms with E-state index in [0.29, 0.717) is 17.4 Å². The van der Waals surface area contributed by atoms with E-state index in [2.05, 4.69) is 62.8 Å². The quantitative estimate of drug-likeness (QED) is 0.571. The third-order valence-electron chi connectivity index (χ3n) is 3.91. The van der Waals surface area contributed by atoms with Gasteiger partial charge in [-0.15, -0.1) is 0 Å². The van der Waals surface area contributed by atoms with Gasteiger partial charge in [-0.05, 0) is 43.6 Å². The van der Waals surface area contributed by atoms with Gasteiger partial charge >= 0.3 is 0 Å². The molecule has 0 aliphatic rings. The van der Waals surface area contributed by atoms with Gasteiger partial charge in [0.05, 0.1) is 5.69 Å². The van der Waals surface area contributed by atoms with Crippen LogP contribution >= 0.6 is 0 Å². The lowest BCUT2D eigenvalue weighted by Crippen LogP contribution is -2.38. The van der Waals surface area contributed by atoms with Crippen LogP contribution in [-0.4, -0.2) is 15.8 Å². The normalized spacial score (nSPS) is 15.2. The fourth-order valence-electron chi connectivity index (χ4n) is 3.20. The second kappa shape index (κ2) is 7.95. The van der Waals surface area contributed by atoms with Crippen molar-refractivity contribution in [2.75, 3.05) is 0 Å². The Morgan fingerprint density at radius 1 is 1.33 bits per heavy atom. The largest absolute Gasteiger partial charge is 0.271 e. The number of hydrogen-bond donors (Lipinski definition) is 2. The molecule has 0 saturated heterocycles. The van der Waals surface area contributed by atoms with Gasteiger partial charge in [0, 0.05) is 24.7 Å². The Morgan fingerprint density at radius 2 is 2.00 bits per heavy atom. The molecular weight excluding hydrogens is 260 g/mol. The van der Waals surface area contributed by atoms with E-state index >= 15 is 0 Å². The van der Waals surface area contributed by atoms with E-state index in [-0.39, 0.29) is 0 Å². The molecule has 0 aliphatic heterocycles. The zero-order valence-corrected chi connectivity index (χ0v) is 14.7. The topological polar surface area (TPSA) is 55.9 Å². The van der Waals surface area contributed by atoms with Crippen molar-refractivity contribution in [2.24, 2.45) is 17.2 Å². The highest BCUT2D eigenvalue weighted by atomic mass is 15.3. The molecule has 1 aromatic heterocycles. The monoisotopic (exact) mass is 294 g/mol. The number of hydrazine groups is 1. The zero-order valence-electron chi connectivity index (χ0n) is 14.7. The molecule has 0 saturated carbocycles. The van der Waals surface area contributed by atoms with Crippen LogP contribution in [0.4, 0.5) is 0 Å². The Labute approximate surface area is 130 Å². The van der Waals surface area contributed by atoms with Crippen molar-refractivity contribution in [1.82, 2.24) is 15.2 Å². The molecule has 0 aromatic carbocycles. The Hall–Kier alpha value is -0.870. The second-order valence-corrected chi connectivity index (χ2v) is 7.47. The maximum Gasteiger partial charge on any atom is 0.0624 e. The highest BCUT2D eigenvalue weighted by molar-refractivity contribution is 5.12. The van der Waals surface area contributed by atoms with Crippen molar-refractivity contribution in [3.8, 4) is 0 Å². The number of nitrogens with one attached hydrogen (secondary N) is 1. The van der Waals surface area contributed by atoms with Gasteiger partial charge in [-0.25, -0.2) is 0 Å². The Balaban J connectivity index is 2.67. The molecule has 4 nitrogen and oxygen atoms in total. The fourth-order valence-corrected chi connectivity index (χ4v) is 3.20. The summed E-state index contributed by atoms with van der Waals surface area (Å²) in [7, 11) is 0. The summed E-state index contributed by atoms with van der Waals surface area (Å²) < 4.78 is 2.11. The van der Waals surface area contributed by atoms with E-state index in [1.165, 1.54) is 17.8 Å². The van der Waals surface area contributed by atoms with E-state index in [0.717, 1.165) is 25.8 Å². The van der Waals surface area contributed by atoms with Crippen LogP contribution < -0.4 is 11.3 Å². The van der Waals surface area contributed by atoms with Crippen molar-refractivity contribution in [3.05, 3.63) is 17.5 Å². The minimum absolute atomic E-state index is 0.314. The van der Waals surface area contributed by atoms with Crippen LogP contribution in [0.3, 0.4) is 0 Å². The summed E-state index contributed by atoms with van der Waals surface area (Å²) in [4.78, 5) is 0. The highest BCUT2D eigenvalue weighted by Crippen LogP contribution is 2.27. The molecule has 1 rings (SSSR count). The van der Waals surface area contributed by atoms with E-state index in [1.807, 2.05) is 0 Å². The molecule has 0 bridgehead atoms. The van der Waals surface area contributed by atoms with Crippen LogP contribution in [0.5, 0.6) is 0 Å². The van der Waals surface area contributed by atoms with Gasteiger partial charge < -0.3 is 0 Å². The van der Waals surface area contributed by atoms with Crippen LogP contribution in [0.15, 0.2) is 6.07 Å². The van der Waals surface area contributed by atoms with Crippen molar-refractivity contribution >= 4 is 0 Å². The Morgan fingerprint density at radius 3 is 2.48 bits per heavy atom. The van der Waals surface area contributed by atoms with Crippen molar-refractivity contribution in [1.29, 1.82) is 0 Å². The molecular formula is C17H34N4. The Kier molecular flexibility index (Phi) is 6.88. The van der Waals surface area contributed by atoms with Crippen molar-refractivity contribution in [2.45, 2.75) is 79.8 Å². The van der Waals surface area contributed by atoms with Gasteiger partial charge in [-0.3, -0.25) is 16.0 Å². The minimum Gasteiger partial charge on any atom is -0.271 e. The number of hydrogen-bond acceptors (Lipinski definition) is 3. The molecule has 122 valence electrons. The molecule has 0 spiro atoms. The smallest absolute Gasteiger partial charge is 0.0624 e. The molecule has 21 heavy (non-hydrogen) atoms. The molecule has 0 amide bonds. The predicted molar refractivity (Wildman–Crippen MR) is 89.9 cm³/mol. The molecule has 2 atom stereocenters. The lowest BCUT2D eigenvalue weighted by molar-refractivity contribution is 0.273. The summed E-state index contributed by atoms with van der Waals surface area (Å²) in [5.74, 6) is 6.45. The molecule has 0 fully saturated rings. The first-order valence-electron chi connectivity index (χ1n) is 8.30. The lowest BCUT2D eigenvalue weighted by atomic mass is 9.82. The van der Waals surface area contributed by atoms with E-state index in [4.69, 9.17) is 5.84 Å². The summed E-state index contributed by atoms with van der Waals surface area (Å²) in [6.45, 7) is 14.4. The van der Waals surface area contributed by atoms with Crippen LogP contribution in [0.1, 0.15) is 65.8 Å². The van der Waals surface area contributed by atoms with Crippen LogP contribution in [0.2, 0.25) is 0 Å². The van der Waals surface area contributed by atoms with Gasteiger partial charge in [0.2, 0.25) is 0 Å². The lowest BCUT2D eigenvalue weighted by Gasteiger charge is -2.26. The van der Waals surface area contributed by atoms with Crippen LogP contribution in [-0.2, 0) is 19.4 Å². The molecule has 0 radical (unpaired) electrons. The zero-order chi connectivity index (χ0) is 16.0. The maximum absolute atomic E-state index is 5.78. The average Bonchev–Trinajstić information content (AvgIpc) is 2.77. The SMILES string of the molecule is CCc1cc(CC(CC(C)CC(C)(C)C)NN)n(CC)n1. The average molecular weight is 294 g/mol. The third kappa shape index (κ3) is 6.18. The summed E-state index contributed by atoms with van der Waals surface area (Å²) in [6, 6.07) is 2.54. The predicted octanol–water partition coefficient (Wildman–Crippen LogP) is 3.30. The summed E-state index contributed by atoms with van der Waals surface area (Å²) >= 11 is 0. The first-order chi connectivity index (χ1) is 9.78. The van der Waals surface area contributed by atoms with Crippen molar-refractivity contribution < 1.29 is 0 Å². The number of nitrogens with two attached hydrogens (primary N) is 1. The maximum atomic E-state index is 5.78. The summed E-state index contributed by atoms with van der Waals surface area (Å²) in [5.41, 5.74) is 5.84. The summed E-state index contributed by atoms with van der Waals surface area (Å²) in [5, 5.41) is 4.62. The first-order valence-corrected chi connectivity index (χ1v) is 8.30. The van der Waals surface area contributed by atoms with Crippen LogP contribution in [0, 0.1) is 11.3 Å². The standard InChI is InChI=1S/C17H34N4/c1-7-14-10-16(21(8-2)20-14)11-15(19-18)9-13(3)12-17(4,5)6/h10,13,15,19H,7-9,11-12,18H2,1-6H3. The van der Waals surface area contributed by atoms with Gasteiger partial charge in [0.1, 0.15) is 0 Å². The molecule has 2 unspecified atom stereocenters. The molecule has 1 aromatic rings. The van der Waals surface area contributed by atoms with Gasteiger partial charge in [-0.1, -0.05) is 34.6 Å². The van der Waals surface area contributed by atoms with E-state index < -0.39 is 0 Å². The number of aryl methyl sites for hydroxylation is 2. The molecule has 0 aliphatic carbocycles. The first kappa shape index (κ1) is 18.2. The van der Waals surface area contributed by atoms with Gasteiger partial charge in [-0.2, -0.15) is 5.10 Å². The molecule has 3 N–H and O–H groups in total. The minimum atomic E-state index is 0.314. The van der Waals surface area contributed by atoms with Gasteiger partial charge in [0.15, 0.2) is 0 Å². The Bertz CT molecular complexity index is 417. The highest BCUT2D eigenvalue weighted by Gasteiger charge is 2.20. The number of nitrogens with zero attached hydrogens (tertiary/aromatic N) is 2.